The van der Waals surface area contributed by atoms with E-state index in [1.807, 2.05) is 6.20 Å². The summed E-state index contributed by atoms with van der Waals surface area (Å²) in [7, 11) is 0. The first-order chi connectivity index (χ1) is 9.24. The van der Waals surface area contributed by atoms with E-state index >= 15 is 0 Å². The second-order valence-electron chi connectivity index (χ2n) is 5.09. The number of hydrogen-bond donors (Lipinski definition) is 1. The quantitative estimate of drug-likeness (QED) is 0.862. The molecule has 3 rings (SSSR count). The second-order valence-corrected chi connectivity index (χ2v) is 6.01. The van der Waals surface area contributed by atoms with E-state index in [-0.39, 0.29) is 0 Å². The lowest BCUT2D eigenvalue weighted by atomic mass is 9.90. The zero-order valence-electron chi connectivity index (χ0n) is 11.0. The smallest absolute Gasteiger partial charge is 0.133 e. The van der Waals surface area contributed by atoms with Crippen molar-refractivity contribution in [2.24, 2.45) is 0 Å². The molecule has 0 amide bonds. The maximum absolute atomic E-state index is 4.46. The van der Waals surface area contributed by atoms with Crippen LogP contribution in [0.3, 0.4) is 0 Å². The lowest BCUT2D eigenvalue weighted by Gasteiger charge is -2.20. The molecule has 0 bridgehead atoms. The van der Waals surface area contributed by atoms with Crippen LogP contribution in [-0.4, -0.2) is 4.98 Å². The SMILES string of the molecule is Cc1cc(Br)cnc1Nc1cccc2c1CCCC2. The van der Waals surface area contributed by atoms with E-state index in [4.69, 9.17) is 0 Å². The van der Waals surface area contributed by atoms with Gasteiger partial charge in [0.15, 0.2) is 0 Å². The van der Waals surface area contributed by atoms with Crippen LogP contribution in [0.4, 0.5) is 11.5 Å². The van der Waals surface area contributed by atoms with E-state index in [1.54, 1.807) is 0 Å². The Kier molecular flexibility index (Phi) is 3.56. The number of pyridine rings is 1. The zero-order valence-corrected chi connectivity index (χ0v) is 12.6. The summed E-state index contributed by atoms with van der Waals surface area (Å²) < 4.78 is 1.02. The van der Waals surface area contributed by atoms with Gasteiger partial charge in [-0.1, -0.05) is 12.1 Å². The summed E-state index contributed by atoms with van der Waals surface area (Å²) in [4.78, 5) is 4.46. The van der Waals surface area contributed by atoms with E-state index in [1.165, 1.54) is 42.5 Å². The number of hydrogen-bond acceptors (Lipinski definition) is 2. The van der Waals surface area contributed by atoms with E-state index in [9.17, 15) is 0 Å². The van der Waals surface area contributed by atoms with Gasteiger partial charge in [0, 0.05) is 16.4 Å². The van der Waals surface area contributed by atoms with E-state index in [0.29, 0.717) is 0 Å². The monoisotopic (exact) mass is 316 g/mol. The summed E-state index contributed by atoms with van der Waals surface area (Å²) in [6, 6.07) is 8.64. The van der Waals surface area contributed by atoms with Crippen LogP contribution in [0.5, 0.6) is 0 Å². The Morgan fingerprint density at radius 3 is 2.89 bits per heavy atom. The molecule has 0 aliphatic heterocycles. The summed E-state index contributed by atoms with van der Waals surface area (Å²) >= 11 is 3.45. The highest BCUT2D eigenvalue weighted by molar-refractivity contribution is 9.10. The third-order valence-corrected chi connectivity index (χ3v) is 4.13. The number of nitrogens with one attached hydrogen (secondary N) is 1. The molecule has 0 fully saturated rings. The number of aromatic nitrogens is 1. The fourth-order valence-corrected chi connectivity index (χ4v) is 3.14. The van der Waals surface area contributed by atoms with Gasteiger partial charge in [0.05, 0.1) is 0 Å². The molecule has 1 aliphatic carbocycles. The van der Waals surface area contributed by atoms with Crippen molar-refractivity contribution in [3.8, 4) is 0 Å². The Hall–Kier alpha value is -1.35. The fraction of sp³-hybridized carbons (Fsp3) is 0.312. The highest BCUT2D eigenvalue weighted by atomic mass is 79.9. The summed E-state index contributed by atoms with van der Waals surface area (Å²) in [5, 5.41) is 3.50. The molecule has 0 spiro atoms. The molecule has 2 aromatic rings. The van der Waals surface area contributed by atoms with E-state index < -0.39 is 0 Å². The van der Waals surface area contributed by atoms with Gasteiger partial charge in [0.1, 0.15) is 5.82 Å². The molecule has 0 radical (unpaired) electrons. The van der Waals surface area contributed by atoms with Gasteiger partial charge in [-0.05, 0) is 77.4 Å². The summed E-state index contributed by atoms with van der Waals surface area (Å²) in [6.45, 7) is 2.08. The van der Waals surface area contributed by atoms with Gasteiger partial charge in [0.2, 0.25) is 0 Å². The molecule has 19 heavy (non-hydrogen) atoms. The lowest BCUT2D eigenvalue weighted by Crippen LogP contribution is -2.07. The number of rotatable bonds is 2. The van der Waals surface area contributed by atoms with Crippen LogP contribution in [0.2, 0.25) is 0 Å². The number of halogens is 1. The predicted octanol–water partition coefficient (Wildman–Crippen LogP) is 4.77. The lowest BCUT2D eigenvalue weighted by molar-refractivity contribution is 0.687. The van der Waals surface area contributed by atoms with Gasteiger partial charge in [-0.2, -0.15) is 0 Å². The van der Waals surface area contributed by atoms with Gasteiger partial charge in [-0.15, -0.1) is 0 Å². The Balaban J connectivity index is 1.95. The summed E-state index contributed by atoms with van der Waals surface area (Å²) in [5.74, 6) is 0.946. The van der Waals surface area contributed by atoms with Crippen molar-refractivity contribution >= 4 is 27.4 Å². The molecule has 1 heterocycles. The van der Waals surface area contributed by atoms with Crippen molar-refractivity contribution in [1.29, 1.82) is 0 Å². The minimum absolute atomic E-state index is 0.946. The standard InChI is InChI=1S/C16H17BrN2/c1-11-9-13(17)10-18-16(11)19-15-8-4-6-12-5-2-3-7-14(12)15/h4,6,8-10H,2-3,5,7H2,1H3,(H,18,19). The minimum atomic E-state index is 0.946. The first-order valence-electron chi connectivity index (χ1n) is 6.74. The molecule has 1 aromatic carbocycles. The first kappa shape index (κ1) is 12.7. The predicted molar refractivity (Wildman–Crippen MR) is 83.0 cm³/mol. The molecule has 0 saturated heterocycles. The number of benzene rings is 1. The van der Waals surface area contributed by atoms with Gasteiger partial charge >= 0.3 is 0 Å². The number of anilines is 2. The third kappa shape index (κ3) is 2.66. The van der Waals surface area contributed by atoms with Crippen LogP contribution in [0.1, 0.15) is 29.5 Å². The van der Waals surface area contributed by atoms with Gasteiger partial charge in [-0.3, -0.25) is 0 Å². The molecule has 3 heteroatoms. The maximum atomic E-state index is 4.46. The molecular formula is C16H17BrN2. The van der Waals surface area contributed by atoms with Crippen LogP contribution in [0.25, 0.3) is 0 Å². The van der Waals surface area contributed by atoms with E-state index in [0.717, 1.165) is 15.9 Å². The van der Waals surface area contributed by atoms with E-state index in [2.05, 4.69) is 57.4 Å². The highest BCUT2D eigenvalue weighted by Crippen LogP contribution is 2.30. The number of fused-ring (bicyclic) bond motifs is 1. The Labute approximate surface area is 122 Å². The molecule has 0 atom stereocenters. The molecule has 0 saturated carbocycles. The minimum Gasteiger partial charge on any atom is -0.340 e. The summed E-state index contributed by atoms with van der Waals surface area (Å²) in [5.41, 5.74) is 5.33. The highest BCUT2D eigenvalue weighted by Gasteiger charge is 2.13. The van der Waals surface area contributed by atoms with Crippen LogP contribution in [0.15, 0.2) is 34.9 Å². The van der Waals surface area contributed by atoms with Crippen LogP contribution in [-0.2, 0) is 12.8 Å². The molecule has 1 aliphatic rings. The molecule has 1 aromatic heterocycles. The van der Waals surface area contributed by atoms with Crippen LogP contribution in [0, 0.1) is 6.92 Å². The van der Waals surface area contributed by atoms with Crippen LogP contribution >= 0.6 is 15.9 Å². The van der Waals surface area contributed by atoms with Gasteiger partial charge in [-0.25, -0.2) is 4.98 Å². The molecule has 98 valence electrons. The largest absolute Gasteiger partial charge is 0.340 e. The van der Waals surface area contributed by atoms with Gasteiger partial charge in [0.25, 0.3) is 0 Å². The topological polar surface area (TPSA) is 24.9 Å². The first-order valence-corrected chi connectivity index (χ1v) is 7.53. The van der Waals surface area contributed by atoms with Crippen molar-refractivity contribution < 1.29 is 0 Å². The number of aryl methyl sites for hydroxylation is 2. The van der Waals surface area contributed by atoms with Crippen molar-refractivity contribution in [3.05, 3.63) is 51.6 Å². The Bertz CT molecular complexity index is 608. The molecule has 1 N–H and O–H groups in total. The average molecular weight is 317 g/mol. The fourth-order valence-electron chi connectivity index (χ4n) is 2.70. The Morgan fingerprint density at radius 2 is 2.05 bits per heavy atom. The van der Waals surface area contributed by atoms with Crippen molar-refractivity contribution in [3.63, 3.8) is 0 Å². The van der Waals surface area contributed by atoms with Crippen LogP contribution < -0.4 is 5.32 Å². The normalized spacial score (nSPS) is 14.0. The zero-order chi connectivity index (χ0) is 13.2. The summed E-state index contributed by atoms with van der Waals surface area (Å²) in [6.07, 6.45) is 6.82. The van der Waals surface area contributed by atoms with Crippen molar-refractivity contribution in [1.82, 2.24) is 4.98 Å². The molecular weight excluding hydrogens is 300 g/mol. The average Bonchev–Trinajstić information content (AvgIpc) is 2.42. The van der Waals surface area contributed by atoms with Crippen molar-refractivity contribution in [2.45, 2.75) is 32.6 Å². The van der Waals surface area contributed by atoms with Crippen molar-refractivity contribution in [2.75, 3.05) is 5.32 Å². The molecule has 2 nitrogen and oxygen atoms in total. The third-order valence-electron chi connectivity index (χ3n) is 3.69. The Morgan fingerprint density at radius 1 is 1.21 bits per heavy atom. The molecule has 0 unspecified atom stereocenters. The second kappa shape index (κ2) is 5.33. The number of nitrogens with zero attached hydrogens (tertiary/aromatic N) is 1. The van der Waals surface area contributed by atoms with Gasteiger partial charge < -0.3 is 5.32 Å². The maximum Gasteiger partial charge on any atom is 0.133 e.